The average molecular weight is 421 g/mol. The molecule has 2 aromatic carbocycles. The number of hydrogen-bond acceptors (Lipinski definition) is 6. The second-order valence-electron chi connectivity index (χ2n) is 6.52. The van der Waals surface area contributed by atoms with Crippen LogP contribution in [-0.2, 0) is 18.0 Å². The van der Waals surface area contributed by atoms with Crippen molar-refractivity contribution in [2.45, 2.75) is 20.2 Å². The number of ether oxygens (including phenoxy) is 1. The van der Waals surface area contributed by atoms with Crippen LogP contribution in [0.3, 0.4) is 0 Å². The number of rotatable bonds is 8. The number of aromatic nitrogens is 5. The van der Waals surface area contributed by atoms with E-state index >= 15 is 0 Å². The van der Waals surface area contributed by atoms with Crippen molar-refractivity contribution >= 4 is 17.5 Å². The highest BCUT2D eigenvalue weighted by molar-refractivity contribution is 6.30. The summed E-state index contributed by atoms with van der Waals surface area (Å²) in [6, 6.07) is 19.4. The minimum absolute atomic E-state index is 0.281. The fourth-order valence-electron chi connectivity index (χ4n) is 2.99. The lowest BCUT2D eigenvalue weighted by Crippen LogP contribution is -2.08. The molecule has 0 atom stereocenters. The van der Waals surface area contributed by atoms with Gasteiger partial charge in [-0.25, -0.2) is 14.6 Å². The number of halogens is 1. The van der Waals surface area contributed by atoms with Crippen LogP contribution in [0.5, 0.6) is 0 Å². The fourth-order valence-corrected chi connectivity index (χ4v) is 3.12. The SMILES string of the molecule is CCOCn1nnc(-c2ccc(Cl)cc2)c1-c1ccnc(NCc2ccccc2)n1. The van der Waals surface area contributed by atoms with Gasteiger partial charge in [0, 0.05) is 29.9 Å². The van der Waals surface area contributed by atoms with E-state index in [0.717, 1.165) is 16.8 Å². The molecule has 30 heavy (non-hydrogen) atoms. The minimum atomic E-state index is 0.281. The van der Waals surface area contributed by atoms with E-state index in [9.17, 15) is 0 Å². The second-order valence-corrected chi connectivity index (χ2v) is 6.96. The van der Waals surface area contributed by atoms with Crippen molar-refractivity contribution in [3.05, 3.63) is 77.4 Å². The largest absolute Gasteiger partial charge is 0.359 e. The predicted octanol–water partition coefficient (Wildman–Crippen LogP) is 4.66. The van der Waals surface area contributed by atoms with Crippen molar-refractivity contribution in [3.63, 3.8) is 0 Å². The zero-order chi connectivity index (χ0) is 20.8. The monoisotopic (exact) mass is 420 g/mol. The molecule has 0 bridgehead atoms. The molecule has 1 N–H and O–H groups in total. The Bertz CT molecular complexity index is 1100. The molecule has 2 aromatic heterocycles. The van der Waals surface area contributed by atoms with Crippen LogP contribution < -0.4 is 5.32 Å². The Balaban J connectivity index is 1.67. The number of nitrogens with zero attached hydrogens (tertiary/aromatic N) is 5. The van der Waals surface area contributed by atoms with Crippen LogP contribution in [0.15, 0.2) is 66.9 Å². The smallest absolute Gasteiger partial charge is 0.223 e. The first kappa shape index (κ1) is 20.0. The molecule has 0 saturated heterocycles. The van der Waals surface area contributed by atoms with Crippen molar-refractivity contribution in [2.75, 3.05) is 11.9 Å². The lowest BCUT2D eigenvalue weighted by Gasteiger charge is -2.10. The van der Waals surface area contributed by atoms with Gasteiger partial charge in [-0.2, -0.15) is 0 Å². The zero-order valence-electron chi connectivity index (χ0n) is 16.5. The van der Waals surface area contributed by atoms with Crippen LogP contribution in [0.2, 0.25) is 5.02 Å². The van der Waals surface area contributed by atoms with E-state index in [0.29, 0.717) is 35.5 Å². The molecule has 0 aliphatic rings. The Hall–Kier alpha value is -3.29. The summed E-state index contributed by atoms with van der Waals surface area (Å²) in [5.41, 5.74) is 4.22. The average Bonchev–Trinajstić information content (AvgIpc) is 3.21. The minimum Gasteiger partial charge on any atom is -0.359 e. The Morgan fingerprint density at radius 1 is 1.03 bits per heavy atom. The molecule has 0 saturated carbocycles. The quantitative estimate of drug-likeness (QED) is 0.446. The van der Waals surface area contributed by atoms with E-state index in [4.69, 9.17) is 21.3 Å². The highest BCUT2D eigenvalue weighted by atomic mass is 35.5. The first-order valence-electron chi connectivity index (χ1n) is 9.63. The van der Waals surface area contributed by atoms with Crippen molar-refractivity contribution in [3.8, 4) is 22.6 Å². The number of anilines is 1. The lowest BCUT2D eigenvalue weighted by molar-refractivity contribution is 0.0790. The van der Waals surface area contributed by atoms with E-state index in [1.807, 2.05) is 55.5 Å². The van der Waals surface area contributed by atoms with Gasteiger partial charge >= 0.3 is 0 Å². The second kappa shape index (κ2) is 9.47. The molecular formula is C22H21ClN6O. The van der Waals surface area contributed by atoms with Gasteiger partial charge in [-0.3, -0.25) is 0 Å². The van der Waals surface area contributed by atoms with Crippen LogP contribution in [-0.4, -0.2) is 31.6 Å². The van der Waals surface area contributed by atoms with Gasteiger partial charge in [0.1, 0.15) is 18.1 Å². The normalized spacial score (nSPS) is 10.9. The summed E-state index contributed by atoms with van der Waals surface area (Å²) in [5, 5.41) is 12.6. The Morgan fingerprint density at radius 3 is 2.60 bits per heavy atom. The van der Waals surface area contributed by atoms with Gasteiger partial charge in [0.2, 0.25) is 5.95 Å². The molecule has 4 rings (SSSR count). The molecule has 7 nitrogen and oxygen atoms in total. The summed E-state index contributed by atoms with van der Waals surface area (Å²) in [5.74, 6) is 0.530. The molecule has 152 valence electrons. The highest BCUT2D eigenvalue weighted by Crippen LogP contribution is 2.30. The summed E-state index contributed by atoms with van der Waals surface area (Å²) in [7, 11) is 0. The van der Waals surface area contributed by atoms with Crippen LogP contribution in [0, 0.1) is 0 Å². The molecular weight excluding hydrogens is 400 g/mol. The zero-order valence-corrected chi connectivity index (χ0v) is 17.3. The summed E-state index contributed by atoms with van der Waals surface area (Å²) in [4.78, 5) is 9.05. The van der Waals surface area contributed by atoms with Gasteiger partial charge in [-0.1, -0.05) is 59.3 Å². The summed E-state index contributed by atoms with van der Waals surface area (Å²) >= 11 is 6.05. The molecule has 0 aliphatic carbocycles. The van der Waals surface area contributed by atoms with Gasteiger partial charge in [0.25, 0.3) is 0 Å². The van der Waals surface area contributed by atoms with Crippen molar-refractivity contribution in [1.29, 1.82) is 0 Å². The van der Waals surface area contributed by atoms with Crippen LogP contribution in [0.4, 0.5) is 5.95 Å². The van der Waals surface area contributed by atoms with Crippen molar-refractivity contribution in [1.82, 2.24) is 25.0 Å². The maximum atomic E-state index is 6.05. The predicted molar refractivity (Wildman–Crippen MR) is 117 cm³/mol. The maximum Gasteiger partial charge on any atom is 0.223 e. The van der Waals surface area contributed by atoms with Gasteiger partial charge in [0.15, 0.2) is 0 Å². The summed E-state index contributed by atoms with van der Waals surface area (Å²) in [6.45, 7) is 3.42. The summed E-state index contributed by atoms with van der Waals surface area (Å²) in [6.07, 6.45) is 1.72. The molecule has 0 fully saturated rings. The van der Waals surface area contributed by atoms with Crippen LogP contribution in [0.1, 0.15) is 12.5 Å². The molecule has 0 amide bonds. The lowest BCUT2D eigenvalue weighted by atomic mass is 10.1. The molecule has 0 spiro atoms. The molecule has 8 heteroatoms. The Kier molecular flexibility index (Phi) is 6.32. The summed E-state index contributed by atoms with van der Waals surface area (Å²) < 4.78 is 7.27. The van der Waals surface area contributed by atoms with E-state index in [1.54, 1.807) is 10.9 Å². The maximum absolute atomic E-state index is 6.05. The first-order chi connectivity index (χ1) is 14.7. The van der Waals surface area contributed by atoms with Gasteiger partial charge in [-0.05, 0) is 30.7 Å². The molecule has 0 aliphatic heterocycles. The first-order valence-corrected chi connectivity index (χ1v) is 10.0. The number of hydrogen-bond donors (Lipinski definition) is 1. The Morgan fingerprint density at radius 2 is 1.83 bits per heavy atom. The van der Waals surface area contributed by atoms with E-state index in [1.165, 1.54) is 0 Å². The molecule has 4 aromatic rings. The standard InChI is InChI=1S/C22H21ClN6O/c1-2-30-15-29-21(20(27-28-29)17-8-10-18(23)11-9-17)19-12-13-24-22(26-19)25-14-16-6-4-3-5-7-16/h3-13H,2,14-15H2,1H3,(H,24,25,26). The van der Waals surface area contributed by atoms with Gasteiger partial charge in [0.05, 0.1) is 5.69 Å². The van der Waals surface area contributed by atoms with Crippen LogP contribution >= 0.6 is 11.6 Å². The number of nitrogens with one attached hydrogen (secondary N) is 1. The third-order valence-electron chi connectivity index (χ3n) is 4.46. The van der Waals surface area contributed by atoms with Gasteiger partial charge < -0.3 is 10.1 Å². The molecule has 0 radical (unpaired) electrons. The van der Waals surface area contributed by atoms with Gasteiger partial charge in [-0.15, -0.1) is 5.10 Å². The highest BCUT2D eigenvalue weighted by Gasteiger charge is 2.18. The molecule has 2 heterocycles. The fraction of sp³-hybridized carbons (Fsp3) is 0.182. The van der Waals surface area contributed by atoms with Crippen molar-refractivity contribution < 1.29 is 4.74 Å². The topological polar surface area (TPSA) is 77.8 Å². The van der Waals surface area contributed by atoms with Crippen molar-refractivity contribution in [2.24, 2.45) is 0 Å². The number of benzene rings is 2. The third kappa shape index (κ3) is 4.64. The molecule has 0 unspecified atom stereocenters. The third-order valence-corrected chi connectivity index (χ3v) is 4.71. The van der Waals surface area contributed by atoms with E-state index < -0.39 is 0 Å². The Labute approximate surface area is 179 Å². The van der Waals surface area contributed by atoms with E-state index in [2.05, 4.69) is 32.7 Å². The van der Waals surface area contributed by atoms with E-state index in [-0.39, 0.29) is 6.73 Å². The van der Waals surface area contributed by atoms with Crippen LogP contribution in [0.25, 0.3) is 22.6 Å².